The van der Waals surface area contributed by atoms with Crippen molar-refractivity contribution in [3.05, 3.63) is 89.0 Å². The van der Waals surface area contributed by atoms with Gasteiger partial charge in [0, 0.05) is 37.9 Å². The predicted octanol–water partition coefficient (Wildman–Crippen LogP) is 3.46. The Labute approximate surface area is 228 Å². The van der Waals surface area contributed by atoms with Crippen molar-refractivity contribution in [2.75, 3.05) is 44.3 Å². The average Bonchev–Trinajstić information content (AvgIpc) is 2.91. The van der Waals surface area contributed by atoms with Gasteiger partial charge >= 0.3 is 0 Å². The van der Waals surface area contributed by atoms with Crippen LogP contribution in [0.1, 0.15) is 49.2 Å². The van der Waals surface area contributed by atoms with Crippen LogP contribution in [0.15, 0.2) is 60.8 Å². The van der Waals surface area contributed by atoms with Crippen LogP contribution in [0.3, 0.4) is 0 Å². The van der Waals surface area contributed by atoms with Gasteiger partial charge in [0.2, 0.25) is 0 Å². The van der Waals surface area contributed by atoms with E-state index in [-0.39, 0.29) is 25.1 Å². The molecule has 1 aliphatic rings. The molecule has 8 nitrogen and oxygen atoms in total. The molecule has 4 rings (SSSR count). The number of halogens is 1. The second-order valence-electron chi connectivity index (χ2n) is 10.6. The maximum atomic E-state index is 13.8. The van der Waals surface area contributed by atoms with Crippen LogP contribution in [0, 0.1) is 17.1 Å². The Balaban J connectivity index is 1.60. The Morgan fingerprint density at radius 3 is 2.44 bits per heavy atom. The number of pyridine rings is 1. The van der Waals surface area contributed by atoms with Crippen molar-refractivity contribution in [1.29, 1.82) is 5.26 Å². The first kappa shape index (κ1) is 28.5. The molecule has 2 atom stereocenters. The van der Waals surface area contributed by atoms with E-state index < -0.39 is 11.2 Å². The van der Waals surface area contributed by atoms with Crippen LogP contribution >= 0.6 is 0 Å². The summed E-state index contributed by atoms with van der Waals surface area (Å²) in [6, 6.07) is 17.2. The molecule has 0 amide bonds. The van der Waals surface area contributed by atoms with E-state index in [1.807, 2.05) is 6.07 Å². The zero-order valence-electron chi connectivity index (χ0n) is 22.5. The Morgan fingerprint density at radius 1 is 1.08 bits per heavy atom. The molecule has 1 fully saturated rings. The van der Waals surface area contributed by atoms with E-state index in [0.29, 0.717) is 48.7 Å². The molecule has 39 heavy (non-hydrogen) atoms. The van der Waals surface area contributed by atoms with Crippen molar-refractivity contribution in [2.45, 2.75) is 38.0 Å². The number of anilines is 1. The quantitative estimate of drug-likeness (QED) is 0.383. The summed E-state index contributed by atoms with van der Waals surface area (Å²) in [4.78, 5) is 8.63. The lowest BCUT2D eigenvalue weighted by Crippen LogP contribution is -2.52. The predicted molar refractivity (Wildman–Crippen MR) is 146 cm³/mol. The minimum atomic E-state index is -1.20. The number of hydrogen-bond acceptors (Lipinski definition) is 8. The Hall–Kier alpha value is -3.55. The molecule has 1 aromatic heterocycles. The lowest BCUT2D eigenvalue weighted by Gasteiger charge is -2.45. The van der Waals surface area contributed by atoms with Crippen LogP contribution in [0.4, 0.5) is 10.1 Å². The Bertz CT molecular complexity index is 1300. The number of hydrogen-bond donors (Lipinski definition) is 3. The summed E-state index contributed by atoms with van der Waals surface area (Å²) >= 11 is 0. The molecular weight excluding hydrogens is 499 g/mol. The first-order valence-corrected chi connectivity index (χ1v) is 13.0. The fraction of sp³-hybridized carbons (Fsp3) is 0.400. The van der Waals surface area contributed by atoms with Crippen LogP contribution in [-0.4, -0.2) is 64.6 Å². The van der Waals surface area contributed by atoms with Gasteiger partial charge in [0.1, 0.15) is 35.4 Å². The summed E-state index contributed by atoms with van der Waals surface area (Å²) in [7, 11) is 0. The number of β-amino-alcohol motifs (C(OH)–C–C–N with tert-alkyl or cyclic N) is 1. The fourth-order valence-corrected chi connectivity index (χ4v) is 4.95. The minimum absolute atomic E-state index is 0.123. The fourth-order valence-electron chi connectivity index (χ4n) is 4.95. The third-order valence-corrected chi connectivity index (χ3v) is 7.02. The molecule has 1 saturated heterocycles. The monoisotopic (exact) mass is 534 g/mol. The number of aromatic nitrogens is 1. The number of aliphatic hydroxyl groups excluding tert-OH is 1. The number of ether oxygens (including phenoxy) is 1. The third-order valence-electron chi connectivity index (χ3n) is 7.02. The van der Waals surface area contributed by atoms with Gasteiger partial charge < -0.3 is 25.0 Å². The molecule has 206 valence electrons. The van der Waals surface area contributed by atoms with E-state index in [9.17, 15) is 19.9 Å². The molecule has 0 spiro atoms. The van der Waals surface area contributed by atoms with Crippen molar-refractivity contribution in [3.8, 4) is 11.8 Å². The Morgan fingerprint density at radius 2 is 1.82 bits per heavy atom. The van der Waals surface area contributed by atoms with Crippen molar-refractivity contribution in [2.24, 2.45) is 0 Å². The maximum absolute atomic E-state index is 13.8. The van der Waals surface area contributed by atoms with Crippen LogP contribution in [0.5, 0.6) is 5.75 Å². The average molecular weight is 535 g/mol. The lowest BCUT2D eigenvalue weighted by molar-refractivity contribution is 0.00970. The largest absolute Gasteiger partial charge is 0.491 e. The number of piperazine rings is 1. The van der Waals surface area contributed by atoms with Gasteiger partial charge in [0.15, 0.2) is 0 Å². The smallest absolute Gasteiger partial charge is 0.123 e. The first-order valence-electron chi connectivity index (χ1n) is 13.0. The summed E-state index contributed by atoms with van der Waals surface area (Å²) < 4.78 is 19.3. The Kier molecular flexibility index (Phi) is 8.52. The van der Waals surface area contributed by atoms with Crippen LogP contribution in [-0.2, 0) is 11.2 Å². The highest BCUT2D eigenvalue weighted by molar-refractivity contribution is 5.63. The molecule has 2 aromatic carbocycles. The van der Waals surface area contributed by atoms with E-state index in [4.69, 9.17) is 9.84 Å². The molecule has 9 heteroatoms. The van der Waals surface area contributed by atoms with Crippen molar-refractivity contribution in [3.63, 3.8) is 0 Å². The molecule has 2 heterocycles. The van der Waals surface area contributed by atoms with Crippen LogP contribution in [0.2, 0.25) is 0 Å². The van der Waals surface area contributed by atoms with Gasteiger partial charge in [-0.3, -0.25) is 9.88 Å². The third kappa shape index (κ3) is 6.72. The summed E-state index contributed by atoms with van der Waals surface area (Å²) in [6.07, 6.45) is 1.60. The van der Waals surface area contributed by atoms with Gasteiger partial charge in [-0.25, -0.2) is 4.39 Å². The van der Waals surface area contributed by atoms with Crippen molar-refractivity contribution < 1.29 is 24.4 Å². The van der Waals surface area contributed by atoms with Crippen molar-refractivity contribution >= 4 is 5.69 Å². The number of aliphatic hydroxyl groups is 3. The van der Waals surface area contributed by atoms with Gasteiger partial charge in [-0.2, -0.15) is 5.26 Å². The number of rotatable bonds is 9. The minimum Gasteiger partial charge on any atom is -0.491 e. The molecule has 0 aliphatic carbocycles. The molecule has 0 radical (unpaired) electrons. The first-order chi connectivity index (χ1) is 18.5. The molecular formula is C30H35FN4O4. The molecule has 0 saturated carbocycles. The van der Waals surface area contributed by atoms with Crippen LogP contribution in [0.25, 0.3) is 0 Å². The van der Waals surface area contributed by atoms with Crippen LogP contribution < -0.4 is 9.64 Å². The standard InChI is InChI=1S/C30H35FN4O4/c1-29(2,37)28-11-6-23(18-33-28)30(3,38)20-34-12-13-35(27(19-34)21-4-7-24(31)8-5-21)26-10-9-25(39-15-14-36)16-22(26)17-32/h4-11,16,18,27,36-38H,12-15,19-20H2,1-3H3/t27-,30+/m0/s1. The van der Waals surface area contributed by atoms with Gasteiger partial charge in [0.05, 0.1) is 29.6 Å². The van der Waals surface area contributed by atoms with Crippen molar-refractivity contribution in [1.82, 2.24) is 9.88 Å². The summed E-state index contributed by atoms with van der Waals surface area (Å²) in [5.74, 6) is 0.174. The number of nitriles is 1. The normalized spacial score (nSPS) is 17.9. The molecule has 0 bridgehead atoms. The number of nitrogens with zero attached hydrogens (tertiary/aromatic N) is 4. The highest BCUT2D eigenvalue weighted by Gasteiger charge is 2.34. The molecule has 1 aliphatic heterocycles. The van der Waals surface area contributed by atoms with E-state index in [1.165, 1.54) is 12.1 Å². The van der Waals surface area contributed by atoms with Gasteiger partial charge in [-0.1, -0.05) is 18.2 Å². The molecule has 0 unspecified atom stereocenters. The second kappa shape index (κ2) is 11.7. The van der Waals surface area contributed by atoms with E-state index in [0.717, 1.165) is 11.3 Å². The van der Waals surface area contributed by atoms with Gasteiger partial charge in [-0.05, 0) is 62.7 Å². The highest BCUT2D eigenvalue weighted by atomic mass is 19.1. The lowest BCUT2D eigenvalue weighted by atomic mass is 9.93. The number of benzene rings is 2. The zero-order chi connectivity index (χ0) is 28.2. The van der Waals surface area contributed by atoms with Gasteiger partial charge in [0.25, 0.3) is 0 Å². The zero-order valence-corrected chi connectivity index (χ0v) is 22.5. The highest BCUT2D eigenvalue weighted by Crippen LogP contribution is 2.36. The van der Waals surface area contributed by atoms with E-state index >= 15 is 0 Å². The summed E-state index contributed by atoms with van der Waals surface area (Å²) in [5, 5.41) is 40.6. The molecule has 3 aromatic rings. The summed E-state index contributed by atoms with van der Waals surface area (Å²) in [5.41, 5.74) is 0.951. The maximum Gasteiger partial charge on any atom is 0.123 e. The molecule has 3 N–H and O–H groups in total. The second-order valence-corrected chi connectivity index (χ2v) is 10.6. The topological polar surface area (TPSA) is 113 Å². The SMILES string of the molecule is CC(C)(O)c1ccc([C@](C)(O)CN2CCN(c3ccc(OCCO)cc3C#N)[C@H](c3ccc(F)cc3)C2)cn1. The van der Waals surface area contributed by atoms with Gasteiger partial charge in [-0.15, -0.1) is 0 Å². The van der Waals surface area contributed by atoms with E-state index in [1.54, 1.807) is 63.4 Å². The van der Waals surface area contributed by atoms with E-state index in [2.05, 4.69) is 20.9 Å². The summed E-state index contributed by atoms with van der Waals surface area (Å²) in [6.45, 7) is 7.14.